The topological polar surface area (TPSA) is 55.0 Å². The summed E-state index contributed by atoms with van der Waals surface area (Å²) in [5.74, 6) is -3.60. The molecule has 0 aromatic carbocycles. The van der Waals surface area contributed by atoms with Crippen LogP contribution in [0.5, 0.6) is 0 Å². The Labute approximate surface area is 66.5 Å². The molecule has 4 nitrogen and oxygen atoms in total. The maximum absolute atomic E-state index is 12.6. The standard InChI is InChI=1S/C6H6F2N2O2/c1-2-12-6(11)4-3(7)5(8)10-9-4/h2H2,1H3,(H,9,10). The number of nitrogens with zero attached hydrogens (tertiary/aromatic N) is 1. The Bertz CT molecular complexity index is 298. The predicted octanol–water partition coefficient (Wildman–Crippen LogP) is 0.865. The van der Waals surface area contributed by atoms with Gasteiger partial charge in [-0.1, -0.05) is 0 Å². The van der Waals surface area contributed by atoms with Gasteiger partial charge in [0.1, 0.15) is 0 Å². The molecule has 0 saturated heterocycles. The fourth-order valence-electron chi connectivity index (χ4n) is 0.645. The van der Waals surface area contributed by atoms with Crippen LogP contribution < -0.4 is 0 Å². The number of H-pyrrole nitrogens is 1. The highest BCUT2D eigenvalue weighted by molar-refractivity contribution is 5.87. The smallest absolute Gasteiger partial charge is 0.359 e. The van der Waals surface area contributed by atoms with Crippen molar-refractivity contribution < 1.29 is 18.3 Å². The number of carbonyl (C=O) groups is 1. The molecule has 0 aliphatic heterocycles. The molecule has 1 N–H and O–H groups in total. The molecule has 0 saturated carbocycles. The molecule has 0 fully saturated rings. The van der Waals surface area contributed by atoms with Gasteiger partial charge < -0.3 is 4.74 Å². The number of halogens is 2. The molecule has 6 heteroatoms. The van der Waals surface area contributed by atoms with Crippen molar-refractivity contribution in [2.24, 2.45) is 0 Å². The van der Waals surface area contributed by atoms with Crippen LogP contribution in [0.2, 0.25) is 0 Å². The lowest BCUT2D eigenvalue weighted by Crippen LogP contribution is -2.07. The van der Waals surface area contributed by atoms with E-state index in [9.17, 15) is 13.6 Å². The van der Waals surface area contributed by atoms with Gasteiger partial charge in [-0.25, -0.2) is 4.79 Å². The van der Waals surface area contributed by atoms with Crippen LogP contribution in [0.3, 0.4) is 0 Å². The average molecular weight is 176 g/mol. The van der Waals surface area contributed by atoms with E-state index in [4.69, 9.17) is 0 Å². The van der Waals surface area contributed by atoms with Crippen LogP contribution in [0.15, 0.2) is 0 Å². The first-order valence-corrected chi connectivity index (χ1v) is 3.23. The van der Waals surface area contributed by atoms with Crippen LogP contribution in [0.25, 0.3) is 0 Å². The maximum Gasteiger partial charge on any atom is 0.359 e. The van der Waals surface area contributed by atoms with Crippen LogP contribution >= 0.6 is 0 Å². The Hall–Kier alpha value is -1.46. The number of aromatic nitrogens is 2. The fourth-order valence-corrected chi connectivity index (χ4v) is 0.645. The van der Waals surface area contributed by atoms with Crippen molar-refractivity contribution in [3.8, 4) is 0 Å². The van der Waals surface area contributed by atoms with Gasteiger partial charge in [-0.2, -0.15) is 8.78 Å². The van der Waals surface area contributed by atoms with Crippen molar-refractivity contribution >= 4 is 5.97 Å². The highest BCUT2D eigenvalue weighted by Gasteiger charge is 2.19. The lowest BCUT2D eigenvalue weighted by Gasteiger charge is -1.96. The molecule has 1 heterocycles. The van der Waals surface area contributed by atoms with Crippen LogP contribution in [0.1, 0.15) is 17.4 Å². The molecular weight excluding hydrogens is 170 g/mol. The van der Waals surface area contributed by atoms with E-state index in [1.54, 1.807) is 6.92 Å². The molecule has 0 radical (unpaired) electrons. The van der Waals surface area contributed by atoms with Crippen LogP contribution in [0.4, 0.5) is 8.78 Å². The SMILES string of the molecule is CCOC(=O)c1[nH]nc(F)c1F. The van der Waals surface area contributed by atoms with Crippen molar-refractivity contribution in [2.75, 3.05) is 6.61 Å². The van der Waals surface area contributed by atoms with E-state index in [0.29, 0.717) is 0 Å². The molecular formula is C6H6F2N2O2. The molecule has 0 bridgehead atoms. The van der Waals surface area contributed by atoms with Gasteiger partial charge >= 0.3 is 5.97 Å². The van der Waals surface area contributed by atoms with Gasteiger partial charge in [-0.05, 0) is 6.92 Å². The molecule has 0 atom stereocenters. The number of hydrogen-bond donors (Lipinski definition) is 1. The molecule has 12 heavy (non-hydrogen) atoms. The van der Waals surface area contributed by atoms with E-state index >= 15 is 0 Å². The lowest BCUT2D eigenvalue weighted by molar-refractivity contribution is 0.0513. The van der Waals surface area contributed by atoms with E-state index in [2.05, 4.69) is 9.84 Å². The van der Waals surface area contributed by atoms with E-state index in [-0.39, 0.29) is 6.61 Å². The minimum Gasteiger partial charge on any atom is -0.461 e. The second-order valence-corrected chi connectivity index (χ2v) is 1.92. The van der Waals surface area contributed by atoms with E-state index < -0.39 is 23.4 Å². The third-order valence-corrected chi connectivity index (χ3v) is 1.15. The summed E-state index contributed by atoms with van der Waals surface area (Å²) in [6.45, 7) is 1.65. The Morgan fingerprint density at radius 1 is 1.67 bits per heavy atom. The minimum absolute atomic E-state index is 0.0961. The van der Waals surface area contributed by atoms with E-state index in [1.807, 2.05) is 5.10 Å². The summed E-state index contributed by atoms with van der Waals surface area (Å²) < 4.78 is 29.2. The number of carbonyl (C=O) groups excluding carboxylic acids is 1. The van der Waals surface area contributed by atoms with Gasteiger partial charge in [0.2, 0.25) is 5.82 Å². The van der Waals surface area contributed by atoms with Crippen LogP contribution in [0, 0.1) is 11.8 Å². The zero-order chi connectivity index (χ0) is 9.14. The van der Waals surface area contributed by atoms with Crippen molar-refractivity contribution in [1.29, 1.82) is 0 Å². The van der Waals surface area contributed by atoms with Gasteiger partial charge in [0, 0.05) is 0 Å². The Morgan fingerprint density at radius 3 is 2.75 bits per heavy atom. The van der Waals surface area contributed by atoms with Crippen molar-refractivity contribution in [1.82, 2.24) is 10.2 Å². The molecule has 1 aromatic heterocycles. The van der Waals surface area contributed by atoms with Crippen molar-refractivity contribution in [3.05, 3.63) is 17.5 Å². The first-order valence-electron chi connectivity index (χ1n) is 3.23. The molecule has 0 amide bonds. The summed E-state index contributed by atoms with van der Waals surface area (Å²) in [6.07, 6.45) is 0. The van der Waals surface area contributed by atoms with E-state index in [0.717, 1.165) is 0 Å². The average Bonchev–Trinajstić information content (AvgIpc) is 2.34. The minimum atomic E-state index is -1.34. The molecule has 0 spiro atoms. The van der Waals surface area contributed by atoms with Crippen molar-refractivity contribution in [3.63, 3.8) is 0 Å². The number of esters is 1. The van der Waals surface area contributed by atoms with Crippen molar-refractivity contribution in [2.45, 2.75) is 6.92 Å². The second kappa shape index (κ2) is 3.29. The number of nitrogens with one attached hydrogen (secondary N) is 1. The van der Waals surface area contributed by atoms with Crippen LogP contribution in [-0.4, -0.2) is 22.8 Å². The lowest BCUT2D eigenvalue weighted by atomic mass is 10.4. The first kappa shape index (κ1) is 8.63. The Kier molecular flexibility index (Phi) is 2.37. The summed E-state index contributed by atoms with van der Waals surface area (Å²) >= 11 is 0. The quantitative estimate of drug-likeness (QED) is 0.680. The summed E-state index contributed by atoms with van der Waals surface area (Å²) in [6, 6.07) is 0. The largest absolute Gasteiger partial charge is 0.461 e. The highest BCUT2D eigenvalue weighted by atomic mass is 19.2. The number of rotatable bonds is 2. The number of hydrogen-bond acceptors (Lipinski definition) is 3. The molecule has 0 aliphatic carbocycles. The van der Waals surface area contributed by atoms with Gasteiger partial charge in [-0.15, -0.1) is 5.10 Å². The highest BCUT2D eigenvalue weighted by Crippen LogP contribution is 2.07. The van der Waals surface area contributed by atoms with Gasteiger partial charge in [0.25, 0.3) is 5.95 Å². The van der Waals surface area contributed by atoms with Crippen LogP contribution in [-0.2, 0) is 4.74 Å². The van der Waals surface area contributed by atoms with Gasteiger partial charge in [0.15, 0.2) is 5.69 Å². The summed E-state index contributed by atoms with van der Waals surface area (Å²) in [7, 11) is 0. The monoisotopic (exact) mass is 176 g/mol. The molecule has 1 rings (SSSR count). The Balaban J connectivity index is 2.88. The molecule has 1 aromatic rings. The summed E-state index contributed by atoms with van der Waals surface area (Å²) in [5, 5.41) is 4.74. The Morgan fingerprint density at radius 2 is 2.33 bits per heavy atom. The van der Waals surface area contributed by atoms with Gasteiger partial charge in [0.05, 0.1) is 6.61 Å². The third-order valence-electron chi connectivity index (χ3n) is 1.15. The molecule has 0 unspecified atom stereocenters. The van der Waals surface area contributed by atoms with E-state index in [1.165, 1.54) is 0 Å². The molecule has 0 aliphatic rings. The zero-order valence-electron chi connectivity index (χ0n) is 6.23. The van der Waals surface area contributed by atoms with Gasteiger partial charge in [-0.3, -0.25) is 5.10 Å². The third kappa shape index (κ3) is 1.41. The summed E-state index contributed by atoms with van der Waals surface area (Å²) in [4.78, 5) is 10.8. The summed E-state index contributed by atoms with van der Waals surface area (Å²) in [5.41, 5.74) is -0.589. The first-order chi connectivity index (χ1) is 5.66. The number of aromatic amines is 1. The number of ether oxygens (including phenoxy) is 1. The maximum atomic E-state index is 12.6. The molecule has 66 valence electrons. The fraction of sp³-hybridized carbons (Fsp3) is 0.333. The second-order valence-electron chi connectivity index (χ2n) is 1.92. The predicted molar refractivity (Wildman–Crippen MR) is 34.5 cm³/mol. The zero-order valence-corrected chi connectivity index (χ0v) is 6.23. The normalized spacial score (nSPS) is 9.92.